The van der Waals surface area contributed by atoms with Gasteiger partial charge in [-0.15, -0.1) is 0 Å². The summed E-state index contributed by atoms with van der Waals surface area (Å²) < 4.78 is 16.1. The van der Waals surface area contributed by atoms with Crippen LogP contribution in [0.15, 0.2) is 24.3 Å². The molecule has 1 aromatic carbocycles. The highest BCUT2D eigenvalue weighted by Gasteiger charge is 2.04. The Hall–Kier alpha value is -1.38. The third-order valence-electron chi connectivity index (χ3n) is 2.74. The predicted molar refractivity (Wildman–Crippen MR) is 77.5 cm³/mol. The fourth-order valence-corrected chi connectivity index (χ4v) is 2.23. The molecule has 0 aromatic heterocycles. The van der Waals surface area contributed by atoms with Crippen LogP contribution in [0.4, 0.5) is 0 Å². The fourth-order valence-electron chi connectivity index (χ4n) is 1.68. The normalized spacial score (nSPS) is 13.5. The lowest BCUT2D eigenvalue weighted by Crippen LogP contribution is -2.21. The Morgan fingerprint density at radius 2 is 2.11 bits per heavy atom. The lowest BCUT2D eigenvalue weighted by molar-refractivity contribution is 0.368. The monoisotopic (exact) mass is 280 g/mol. The average molecular weight is 280 g/mol. The molecule has 2 unspecified atom stereocenters. The summed E-state index contributed by atoms with van der Waals surface area (Å²) in [6.45, 7) is 3.02. The maximum atomic E-state index is 10.9. The van der Waals surface area contributed by atoms with E-state index in [1.54, 1.807) is 6.26 Å². The third-order valence-corrected chi connectivity index (χ3v) is 3.61. The van der Waals surface area contributed by atoms with Crippen LogP contribution in [-0.2, 0) is 10.8 Å². The smallest absolute Gasteiger partial charge is 0.174 e. The molecule has 0 radical (unpaired) electrons. The van der Waals surface area contributed by atoms with Gasteiger partial charge in [0.05, 0.1) is 0 Å². The number of ether oxygens (including phenoxy) is 1. The molecule has 5 heteroatoms. The number of rotatable bonds is 8. The zero-order chi connectivity index (χ0) is 14.1. The summed E-state index contributed by atoms with van der Waals surface area (Å²) >= 11 is 0. The Morgan fingerprint density at radius 1 is 1.42 bits per heavy atom. The van der Waals surface area contributed by atoms with E-state index in [1.165, 1.54) is 5.56 Å². The van der Waals surface area contributed by atoms with Crippen molar-refractivity contribution in [1.29, 1.82) is 5.26 Å². The number of benzene rings is 1. The summed E-state index contributed by atoms with van der Waals surface area (Å²) in [4.78, 5) is 0. The average Bonchev–Trinajstić information content (AvgIpc) is 2.41. The molecule has 0 saturated heterocycles. The van der Waals surface area contributed by atoms with Gasteiger partial charge in [0, 0.05) is 28.9 Å². The van der Waals surface area contributed by atoms with Crippen molar-refractivity contribution in [1.82, 2.24) is 5.32 Å². The van der Waals surface area contributed by atoms with Gasteiger partial charge in [0.25, 0.3) is 0 Å². The number of hydrogen-bond acceptors (Lipinski definition) is 4. The molecule has 2 atom stereocenters. The summed E-state index contributed by atoms with van der Waals surface area (Å²) in [6.07, 6.45) is 2.64. The van der Waals surface area contributed by atoms with Gasteiger partial charge in [-0.2, -0.15) is 5.26 Å². The molecular weight excluding hydrogens is 260 g/mol. The van der Waals surface area contributed by atoms with E-state index < -0.39 is 10.8 Å². The minimum absolute atomic E-state index is 0.0707. The van der Waals surface area contributed by atoms with E-state index in [9.17, 15) is 4.21 Å². The molecule has 4 nitrogen and oxygen atoms in total. The van der Waals surface area contributed by atoms with E-state index in [4.69, 9.17) is 10.00 Å². The topological polar surface area (TPSA) is 62.1 Å². The number of nitriles is 1. The van der Waals surface area contributed by atoms with Crippen LogP contribution in [-0.4, -0.2) is 29.4 Å². The van der Waals surface area contributed by atoms with E-state index in [0.717, 1.165) is 18.7 Å². The Kier molecular flexibility index (Phi) is 7.16. The van der Waals surface area contributed by atoms with Gasteiger partial charge in [0.1, 0.15) is 11.8 Å². The first-order valence-electron chi connectivity index (χ1n) is 6.26. The van der Waals surface area contributed by atoms with Gasteiger partial charge in [-0.3, -0.25) is 4.21 Å². The zero-order valence-corrected chi connectivity index (χ0v) is 12.2. The second kappa shape index (κ2) is 8.68. The lowest BCUT2D eigenvalue weighted by atomic mass is 10.1. The van der Waals surface area contributed by atoms with Crippen molar-refractivity contribution in [2.45, 2.75) is 19.4 Å². The Labute approximate surface area is 117 Å². The first kappa shape index (κ1) is 15.7. The Balaban J connectivity index is 2.38. The van der Waals surface area contributed by atoms with Gasteiger partial charge >= 0.3 is 0 Å². The van der Waals surface area contributed by atoms with Crippen LogP contribution in [0.1, 0.15) is 24.9 Å². The van der Waals surface area contributed by atoms with Gasteiger partial charge in [0.2, 0.25) is 0 Å². The van der Waals surface area contributed by atoms with Crippen molar-refractivity contribution in [3.8, 4) is 11.8 Å². The van der Waals surface area contributed by atoms with Crippen molar-refractivity contribution in [3.63, 3.8) is 0 Å². The minimum atomic E-state index is -0.714. The molecule has 19 heavy (non-hydrogen) atoms. The standard InChI is InChI=1S/C14H20N2O2S/c1-12(16-9-3-11-19(2)17)13-4-6-14(7-5-13)18-10-8-15/h4-7,12,16H,3,9-11H2,1-2H3. The molecule has 0 heterocycles. The van der Waals surface area contributed by atoms with Crippen molar-refractivity contribution in [3.05, 3.63) is 29.8 Å². The van der Waals surface area contributed by atoms with Crippen LogP contribution >= 0.6 is 0 Å². The van der Waals surface area contributed by atoms with Crippen molar-refractivity contribution in [2.75, 3.05) is 25.2 Å². The number of nitrogens with one attached hydrogen (secondary N) is 1. The summed E-state index contributed by atoms with van der Waals surface area (Å²) in [5.74, 6) is 1.44. The van der Waals surface area contributed by atoms with Crippen LogP contribution in [0.2, 0.25) is 0 Å². The molecule has 0 bridgehead atoms. The van der Waals surface area contributed by atoms with E-state index in [0.29, 0.717) is 5.75 Å². The highest BCUT2D eigenvalue weighted by molar-refractivity contribution is 7.84. The quantitative estimate of drug-likeness (QED) is 0.740. The second-order valence-corrected chi connectivity index (χ2v) is 5.88. The fraction of sp³-hybridized carbons (Fsp3) is 0.500. The van der Waals surface area contributed by atoms with E-state index >= 15 is 0 Å². The first-order valence-corrected chi connectivity index (χ1v) is 7.99. The van der Waals surface area contributed by atoms with Crippen LogP contribution in [0.3, 0.4) is 0 Å². The van der Waals surface area contributed by atoms with E-state index in [-0.39, 0.29) is 12.6 Å². The number of hydrogen-bond donors (Lipinski definition) is 1. The third kappa shape index (κ3) is 6.37. The molecule has 0 saturated carbocycles. The molecular formula is C14H20N2O2S. The highest BCUT2D eigenvalue weighted by atomic mass is 32.2. The molecule has 104 valence electrons. The Bertz CT molecular complexity index is 440. The molecule has 0 aliphatic rings. The van der Waals surface area contributed by atoms with Gasteiger partial charge in [-0.05, 0) is 37.6 Å². The van der Waals surface area contributed by atoms with Crippen molar-refractivity contribution >= 4 is 10.8 Å². The maximum absolute atomic E-state index is 10.9. The van der Waals surface area contributed by atoms with Crippen molar-refractivity contribution < 1.29 is 8.95 Å². The molecule has 1 aromatic rings. The SMILES string of the molecule is CC(NCCCS(C)=O)c1ccc(OCC#N)cc1. The molecule has 0 aliphatic heterocycles. The second-order valence-electron chi connectivity index (χ2n) is 4.32. The Morgan fingerprint density at radius 3 is 2.68 bits per heavy atom. The predicted octanol–water partition coefficient (Wildman–Crippen LogP) is 2.01. The first-order chi connectivity index (χ1) is 9.13. The van der Waals surface area contributed by atoms with Crippen molar-refractivity contribution in [2.24, 2.45) is 0 Å². The summed E-state index contributed by atoms with van der Waals surface area (Å²) in [6, 6.07) is 9.89. The lowest BCUT2D eigenvalue weighted by Gasteiger charge is -2.14. The number of nitrogens with zero attached hydrogens (tertiary/aromatic N) is 1. The van der Waals surface area contributed by atoms with E-state index in [2.05, 4.69) is 12.2 Å². The zero-order valence-electron chi connectivity index (χ0n) is 11.4. The molecule has 0 amide bonds. The van der Waals surface area contributed by atoms with Crippen LogP contribution in [0.5, 0.6) is 5.75 Å². The van der Waals surface area contributed by atoms with Crippen LogP contribution in [0.25, 0.3) is 0 Å². The van der Waals surface area contributed by atoms with Gasteiger partial charge in [-0.25, -0.2) is 0 Å². The molecule has 1 rings (SSSR count). The molecule has 0 spiro atoms. The minimum Gasteiger partial charge on any atom is -0.479 e. The summed E-state index contributed by atoms with van der Waals surface area (Å²) in [7, 11) is -0.714. The molecule has 1 N–H and O–H groups in total. The van der Waals surface area contributed by atoms with Gasteiger partial charge in [-0.1, -0.05) is 12.1 Å². The molecule has 0 fully saturated rings. The maximum Gasteiger partial charge on any atom is 0.174 e. The van der Waals surface area contributed by atoms with Crippen LogP contribution < -0.4 is 10.1 Å². The van der Waals surface area contributed by atoms with E-state index in [1.807, 2.05) is 30.3 Å². The van der Waals surface area contributed by atoms with Gasteiger partial charge < -0.3 is 10.1 Å². The largest absolute Gasteiger partial charge is 0.479 e. The van der Waals surface area contributed by atoms with Crippen LogP contribution in [0, 0.1) is 11.3 Å². The summed E-state index contributed by atoms with van der Waals surface area (Å²) in [5.41, 5.74) is 1.17. The molecule has 0 aliphatic carbocycles. The van der Waals surface area contributed by atoms with Gasteiger partial charge in [0.15, 0.2) is 6.61 Å². The summed E-state index contributed by atoms with van der Waals surface area (Å²) in [5, 5.41) is 11.8. The highest BCUT2D eigenvalue weighted by Crippen LogP contribution is 2.17.